The van der Waals surface area contributed by atoms with Crippen LogP contribution in [0, 0.1) is 23.7 Å². The van der Waals surface area contributed by atoms with Gasteiger partial charge in [0, 0.05) is 64.3 Å². The number of carbonyl (C=O) groups excluding carboxylic acids is 1. The molecule has 0 aliphatic carbocycles. The van der Waals surface area contributed by atoms with Gasteiger partial charge in [0.05, 0.1) is 57.4 Å². The normalized spacial score (nSPS) is 39.2. The number of methoxy groups -OCH3 is 2. The van der Waals surface area contributed by atoms with Gasteiger partial charge in [-0.25, -0.2) is 17.5 Å². The summed E-state index contributed by atoms with van der Waals surface area (Å²) in [6.07, 6.45) is -6.75. The molecule has 5 N–H and O–H groups in total. The quantitative estimate of drug-likeness (QED) is 0.146. The summed E-state index contributed by atoms with van der Waals surface area (Å²) in [5, 5.41) is 68.2. The van der Waals surface area contributed by atoms with Crippen LogP contribution in [0.15, 0.2) is 35.4 Å². The number of sulfone groups is 1. The van der Waals surface area contributed by atoms with E-state index >= 15 is 0 Å². The molecule has 3 fully saturated rings. The van der Waals surface area contributed by atoms with Gasteiger partial charge in [0.25, 0.3) is 0 Å². The number of halogens is 1. The average molecular weight is 1090 g/mol. The van der Waals surface area contributed by atoms with E-state index in [0.717, 1.165) is 0 Å². The molecule has 430 valence electrons. The highest BCUT2D eigenvalue weighted by Gasteiger charge is 2.55. The maximum atomic E-state index is 14.9. The predicted molar refractivity (Wildman–Crippen MR) is 279 cm³/mol. The van der Waals surface area contributed by atoms with Gasteiger partial charge in [-0.1, -0.05) is 45.0 Å². The van der Waals surface area contributed by atoms with Crippen LogP contribution in [0.4, 0.5) is 4.39 Å². The number of aliphatic hydroxyl groups is 5. The van der Waals surface area contributed by atoms with E-state index in [-0.39, 0.29) is 30.1 Å². The molecule has 75 heavy (non-hydrogen) atoms. The van der Waals surface area contributed by atoms with E-state index in [4.69, 9.17) is 28.4 Å². The Morgan fingerprint density at radius 1 is 0.973 bits per heavy atom. The van der Waals surface area contributed by atoms with Crippen molar-refractivity contribution < 1.29 is 71.6 Å². The lowest BCUT2D eigenvalue weighted by Gasteiger charge is -2.51. The number of hydrogen-bond acceptors (Lipinski definition) is 18. The Labute approximate surface area is 445 Å². The van der Waals surface area contributed by atoms with Crippen LogP contribution >= 0.6 is 0 Å². The number of carbonyl (C=O) groups is 1. The maximum absolute atomic E-state index is 14.9. The fourth-order valence-electron chi connectivity index (χ4n) is 12.2. The van der Waals surface area contributed by atoms with Crippen molar-refractivity contribution in [2.24, 2.45) is 23.7 Å². The molecule has 1 aromatic heterocycles. The molecule has 0 saturated carbocycles. The van der Waals surface area contributed by atoms with Gasteiger partial charge < -0.3 is 63.8 Å². The van der Waals surface area contributed by atoms with Gasteiger partial charge in [0.1, 0.15) is 48.8 Å². The lowest BCUT2D eigenvalue weighted by molar-refractivity contribution is -0.302. The molecule has 0 spiro atoms. The summed E-state index contributed by atoms with van der Waals surface area (Å²) in [4.78, 5) is 18.7. The molecule has 2 aromatic rings. The molecule has 20 atom stereocenters. The standard InChI is InChI=1S/C54H92FN5O14S/c1-17-43-54(12,66)47(62)35(8)59(14)28-31(4)25-52(10,65)49(33(6)44(34(7)50(64)73-43)42-26-53(11,70-16)48(63)36(9)72-42)74-51-45(61)40(24-32(5)71-51)58(13)23-22-38-29-60(57-56-38)41(27-55)46(69-15)37-18-20-39(21-19-37)75(67,68)30(2)3/h18-21,29-36,40-49,51,61-63,65-66H,17,22-28H2,1-16H3/t31-,32-,33+,34-,35-,36+,40+,41-,42-,43-,44?,45-,46-,47-,48+,49-,51+,52-,53-,54-/m1/s1. The summed E-state index contributed by atoms with van der Waals surface area (Å²) >= 11 is 0. The lowest BCUT2D eigenvalue weighted by Crippen LogP contribution is -2.62. The molecule has 3 saturated heterocycles. The second kappa shape index (κ2) is 25.6. The second-order valence-corrected chi connectivity index (χ2v) is 25.8. The van der Waals surface area contributed by atoms with Crippen molar-refractivity contribution in [3.05, 3.63) is 41.7 Å². The highest BCUT2D eigenvalue weighted by Crippen LogP contribution is 2.45. The minimum Gasteiger partial charge on any atom is -0.459 e. The summed E-state index contributed by atoms with van der Waals surface area (Å²) in [5.41, 5.74) is -3.44. The Balaban J connectivity index is 1.44. The smallest absolute Gasteiger partial charge is 0.309 e. The molecular formula is C54H92FN5O14S. The Kier molecular flexibility index (Phi) is 21.5. The van der Waals surface area contributed by atoms with E-state index in [1.807, 2.05) is 44.7 Å². The third-order valence-corrected chi connectivity index (χ3v) is 19.2. The van der Waals surface area contributed by atoms with E-state index in [2.05, 4.69) is 10.3 Å². The molecule has 3 aliphatic rings. The van der Waals surface area contributed by atoms with E-state index in [1.54, 1.807) is 73.7 Å². The summed E-state index contributed by atoms with van der Waals surface area (Å²) in [6.45, 7) is 20.9. The molecular weight excluding hydrogens is 994 g/mol. The Morgan fingerprint density at radius 3 is 2.19 bits per heavy atom. The first-order valence-corrected chi connectivity index (χ1v) is 28.4. The fraction of sp³-hybridized carbons (Fsp3) is 0.833. The molecule has 3 aliphatic heterocycles. The van der Waals surface area contributed by atoms with Crippen molar-refractivity contribution in [3.63, 3.8) is 0 Å². The highest BCUT2D eigenvalue weighted by atomic mass is 32.2. The van der Waals surface area contributed by atoms with Gasteiger partial charge in [0.2, 0.25) is 0 Å². The van der Waals surface area contributed by atoms with Crippen LogP contribution in [0.1, 0.15) is 132 Å². The molecule has 1 aromatic carbocycles. The minimum absolute atomic E-state index is 0.158. The van der Waals surface area contributed by atoms with Gasteiger partial charge in [-0.3, -0.25) is 4.79 Å². The molecule has 0 bridgehead atoms. The van der Waals surface area contributed by atoms with Gasteiger partial charge in [-0.05, 0) is 118 Å². The van der Waals surface area contributed by atoms with Crippen LogP contribution in [0.25, 0.3) is 0 Å². The van der Waals surface area contributed by atoms with Crippen LogP contribution in [-0.2, 0) is 49.5 Å². The van der Waals surface area contributed by atoms with Crippen molar-refractivity contribution in [2.75, 3.05) is 48.1 Å². The summed E-state index contributed by atoms with van der Waals surface area (Å²) in [5.74, 6) is -3.34. The number of aliphatic hydroxyl groups excluding tert-OH is 3. The highest BCUT2D eigenvalue weighted by molar-refractivity contribution is 7.92. The number of ether oxygens (including phenoxy) is 6. The van der Waals surface area contributed by atoms with Crippen molar-refractivity contribution in [2.45, 2.75) is 221 Å². The zero-order chi connectivity index (χ0) is 56.3. The lowest BCUT2D eigenvalue weighted by atomic mass is 9.68. The van der Waals surface area contributed by atoms with Gasteiger partial charge in [-0.15, -0.1) is 5.10 Å². The van der Waals surface area contributed by atoms with Crippen LogP contribution in [0.2, 0.25) is 0 Å². The summed E-state index contributed by atoms with van der Waals surface area (Å²) < 4.78 is 79.7. The largest absolute Gasteiger partial charge is 0.459 e. The average Bonchev–Trinajstić information content (AvgIpc) is 3.82. The molecule has 19 nitrogen and oxygen atoms in total. The van der Waals surface area contributed by atoms with Gasteiger partial charge >= 0.3 is 5.97 Å². The number of benzene rings is 1. The molecule has 4 heterocycles. The molecule has 0 amide bonds. The first kappa shape index (κ1) is 63.1. The number of alkyl halides is 1. The number of likely N-dealkylation sites (N-methyl/N-ethyl adjacent to an activating group) is 2. The van der Waals surface area contributed by atoms with Crippen molar-refractivity contribution in [1.29, 1.82) is 0 Å². The predicted octanol–water partition coefficient (Wildman–Crippen LogP) is 4.46. The van der Waals surface area contributed by atoms with Crippen LogP contribution in [-0.4, -0.2) is 202 Å². The Hall–Kier alpha value is -2.77. The molecule has 1 unspecified atom stereocenters. The zero-order valence-corrected chi connectivity index (χ0v) is 48.2. The topological polar surface area (TPSA) is 245 Å². The third kappa shape index (κ3) is 14.0. The Morgan fingerprint density at radius 2 is 1.61 bits per heavy atom. The van der Waals surface area contributed by atoms with E-state index in [0.29, 0.717) is 37.2 Å². The number of cyclic esters (lactones) is 1. The van der Waals surface area contributed by atoms with E-state index < -0.39 is 142 Å². The molecule has 21 heteroatoms. The van der Waals surface area contributed by atoms with Crippen LogP contribution in [0.5, 0.6) is 0 Å². The van der Waals surface area contributed by atoms with Crippen molar-refractivity contribution in [1.82, 2.24) is 24.8 Å². The first-order valence-electron chi connectivity index (χ1n) is 26.8. The first-order chi connectivity index (χ1) is 34.9. The summed E-state index contributed by atoms with van der Waals surface area (Å²) in [6, 6.07) is 4.23. The van der Waals surface area contributed by atoms with Crippen LogP contribution in [0.3, 0.4) is 0 Å². The number of esters is 1. The van der Waals surface area contributed by atoms with Crippen molar-refractivity contribution in [3.8, 4) is 0 Å². The molecule has 5 rings (SSSR count). The summed E-state index contributed by atoms with van der Waals surface area (Å²) in [7, 11) is 3.15. The number of hydrogen-bond donors (Lipinski definition) is 5. The minimum atomic E-state index is -3.51. The van der Waals surface area contributed by atoms with E-state index in [9.17, 15) is 43.1 Å². The van der Waals surface area contributed by atoms with Crippen molar-refractivity contribution >= 4 is 15.8 Å². The monoisotopic (exact) mass is 1090 g/mol. The van der Waals surface area contributed by atoms with Crippen LogP contribution < -0.4 is 0 Å². The van der Waals surface area contributed by atoms with Gasteiger partial charge in [0.15, 0.2) is 16.1 Å². The number of nitrogens with zero attached hydrogens (tertiary/aromatic N) is 5. The second-order valence-electron chi connectivity index (χ2n) is 23.2. The maximum Gasteiger partial charge on any atom is 0.309 e. The molecule has 0 radical (unpaired) electrons. The Bertz CT molecular complexity index is 2240. The number of aromatic nitrogens is 3. The SMILES string of the molecule is CC[C@H]1OC(=O)[C@H](C)C([C@H]2C[C@@](C)(OC)[C@@H](O)[C@H](C)O2)[C@H](C)[C@@H](O[C@@H]2O[C@H](C)C[C@H](N(C)CCc3cn([C@H](CF)[C@H](OC)c4ccc(S(=O)(=O)C(C)C)cc4)nn3)[C@H]2O)[C@](C)(O)C[C@@H](C)CN(C)[C@H](C)[C@@H](O)[C@]1(C)O. The van der Waals surface area contributed by atoms with Gasteiger partial charge in [-0.2, -0.15) is 0 Å². The van der Waals surface area contributed by atoms with E-state index in [1.165, 1.54) is 38.0 Å². The third-order valence-electron chi connectivity index (χ3n) is 17.0. The fourth-order valence-corrected chi connectivity index (χ4v) is 13.2. The number of rotatable bonds is 16. The zero-order valence-electron chi connectivity index (χ0n) is 47.4.